The summed E-state index contributed by atoms with van der Waals surface area (Å²) in [5.74, 6) is -1.39. The van der Waals surface area contributed by atoms with Crippen LogP contribution in [0.1, 0.15) is 18.5 Å². The Balaban J connectivity index is 3.15. The first-order valence-electron chi connectivity index (χ1n) is 4.19. The van der Waals surface area contributed by atoms with Crippen LogP contribution < -0.4 is 5.32 Å². The number of rotatable bonds is 3. The van der Waals surface area contributed by atoms with Gasteiger partial charge in [-0.3, -0.25) is 4.79 Å². The molecule has 2 nitrogen and oxygen atoms in total. The van der Waals surface area contributed by atoms with Crippen LogP contribution in [0.4, 0.5) is 8.78 Å². The summed E-state index contributed by atoms with van der Waals surface area (Å²) in [5, 5.41) is 2.63. The Kier molecular flexibility index (Phi) is 3.30. The van der Waals surface area contributed by atoms with Crippen LogP contribution in [0.3, 0.4) is 0 Å². The number of carbonyl (C=O) groups excluding carboxylic acids is 1. The van der Waals surface area contributed by atoms with E-state index in [1.54, 1.807) is 0 Å². The fraction of sp³-hybridized carbons (Fsp3) is 0.300. The van der Waals surface area contributed by atoms with E-state index in [-0.39, 0.29) is 11.3 Å². The molecule has 0 aromatic heterocycles. The Bertz CT molecular complexity index is 352. The van der Waals surface area contributed by atoms with Gasteiger partial charge in [0.25, 0.3) is 0 Å². The molecule has 0 bridgehead atoms. The first kappa shape index (κ1) is 10.8. The fourth-order valence-corrected chi connectivity index (χ4v) is 1.31. The van der Waals surface area contributed by atoms with Crippen molar-refractivity contribution in [2.75, 3.05) is 7.05 Å². The molecule has 4 heteroatoms. The second kappa shape index (κ2) is 4.28. The van der Waals surface area contributed by atoms with Crippen molar-refractivity contribution >= 4 is 5.78 Å². The van der Waals surface area contributed by atoms with Crippen molar-refractivity contribution in [3.05, 3.63) is 35.4 Å². The lowest BCUT2D eigenvalue weighted by atomic mass is 10.0. The number of hydrogen-bond acceptors (Lipinski definition) is 2. The van der Waals surface area contributed by atoms with Crippen molar-refractivity contribution in [3.8, 4) is 0 Å². The largest absolute Gasteiger partial charge is 0.307 e. The highest BCUT2D eigenvalue weighted by Gasteiger charge is 2.18. The summed E-state index contributed by atoms with van der Waals surface area (Å²) in [6.07, 6.45) is 0. The third-order valence-corrected chi connectivity index (χ3v) is 1.96. The van der Waals surface area contributed by atoms with E-state index in [2.05, 4.69) is 5.32 Å². The van der Waals surface area contributed by atoms with Crippen molar-refractivity contribution in [3.63, 3.8) is 0 Å². The smallest absolute Gasteiger partial charge is 0.151 e. The molecule has 1 aromatic rings. The molecular formula is C10H11F2NO. The summed E-state index contributed by atoms with van der Waals surface area (Å²) in [5.41, 5.74) is 0.0417. The first-order valence-corrected chi connectivity index (χ1v) is 4.19. The second-order valence-corrected chi connectivity index (χ2v) is 3.00. The van der Waals surface area contributed by atoms with E-state index >= 15 is 0 Å². The van der Waals surface area contributed by atoms with E-state index in [4.69, 9.17) is 0 Å². The van der Waals surface area contributed by atoms with Crippen LogP contribution in [0.5, 0.6) is 0 Å². The maximum absolute atomic E-state index is 13.2. The zero-order valence-corrected chi connectivity index (χ0v) is 7.97. The van der Waals surface area contributed by atoms with Crippen LogP contribution >= 0.6 is 0 Å². The molecule has 1 aromatic carbocycles. The molecule has 14 heavy (non-hydrogen) atoms. The second-order valence-electron chi connectivity index (χ2n) is 3.00. The molecule has 0 amide bonds. The number of likely N-dealkylation sites (N-methyl/N-ethyl adjacent to an activating group) is 1. The van der Waals surface area contributed by atoms with Crippen molar-refractivity contribution < 1.29 is 13.6 Å². The Morgan fingerprint density at radius 2 is 2.07 bits per heavy atom. The molecule has 0 radical (unpaired) electrons. The van der Waals surface area contributed by atoms with Gasteiger partial charge in [-0.05, 0) is 32.2 Å². The van der Waals surface area contributed by atoms with Gasteiger partial charge < -0.3 is 5.32 Å². The minimum absolute atomic E-state index is 0.0417. The van der Waals surface area contributed by atoms with Gasteiger partial charge in [-0.2, -0.15) is 0 Å². The minimum Gasteiger partial charge on any atom is -0.307 e. The van der Waals surface area contributed by atoms with Crippen LogP contribution in [0.15, 0.2) is 18.2 Å². The van der Waals surface area contributed by atoms with Crippen molar-refractivity contribution in [1.29, 1.82) is 0 Å². The number of ketones is 1. The highest BCUT2D eigenvalue weighted by atomic mass is 19.1. The van der Waals surface area contributed by atoms with Crippen LogP contribution in [-0.4, -0.2) is 12.8 Å². The van der Waals surface area contributed by atoms with E-state index in [0.717, 1.165) is 18.2 Å². The summed E-state index contributed by atoms with van der Waals surface area (Å²) in [6, 6.07) is 2.27. The summed E-state index contributed by atoms with van der Waals surface area (Å²) in [4.78, 5) is 11.1. The maximum atomic E-state index is 13.2. The SMILES string of the molecule is CNC(C(C)=O)c1cc(F)ccc1F. The Labute approximate surface area is 80.9 Å². The number of benzene rings is 1. The Morgan fingerprint density at radius 3 is 2.57 bits per heavy atom. The third kappa shape index (κ3) is 2.14. The van der Waals surface area contributed by atoms with Gasteiger partial charge in [0.1, 0.15) is 11.6 Å². The average molecular weight is 199 g/mol. The standard InChI is InChI=1S/C10H11F2NO/c1-6(14)10(13-2)8-5-7(11)3-4-9(8)12/h3-5,10,13H,1-2H3. The molecule has 76 valence electrons. The molecule has 1 unspecified atom stereocenters. The number of hydrogen-bond donors (Lipinski definition) is 1. The number of Topliss-reactive ketones (excluding diaryl/α,β-unsaturated/α-hetero) is 1. The Morgan fingerprint density at radius 1 is 1.43 bits per heavy atom. The van der Waals surface area contributed by atoms with Crippen molar-refractivity contribution in [2.24, 2.45) is 0 Å². The van der Waals surface area contributed by atoms with E-state index in [1.165, 1.54) is 14.0 Å². The predicted octanol–water partition coefficient (Wildman–Crippen LogP) is 1.81. The molecule has 0 saturated carbocycles. The maximum Gasteiger partial charge on any atom is 0.151 e. The molecule has 1 N–H and O–H groups in total. The van der Waals surface area contributed by atoms with Crippen LogP contribution in [-0.2, 0) is 4.79 Å². The van der Waals surface area contributed by atoms with Gasteiger partial charge in [0.05, 0.1) is 6.04 Å². The van der Waals surface area contributed by atoms with Gasteiger partial charge >= 0.3 is 0 Å². The average Bonchev–Trinajstić information content (AvgIpc) is 2.11. The van der Waals surface area contributed by atoms with Gasteiger partial charge in [0.2, 0.25) is 0 Å². The first-order chi connectivity index (χ1) is 6.56. The van der Waals surface area contributed by atoms with Crippen molar-refractivity contribution in [2.45, 2.75) is 13.0 Å². The van der Waals surface area contributed by atoms with Crippen LogP contribution in [0, 0.1) is 11.6 Å². The third-order valence-electron chi connectivity index (χ3n) is 1.96. The minimum atomic E-state index is -0.786. The van der Waals surface area contributed by atoms with Crippen LogP contribution in [0.2, 0.25) is 0 Å². The lowest BCUT2D eigenvalue weighted by molar-refractivity contribution is -0.119. The van der Waals surface area contributed by atoms with Gasteiger partial charge in [-0.1, -0.05) is 0 Å². The quantitative estimate of drug-likeness (QED) is 0.804. The number of nitrogens with one attached hydrogen (secondary N) is 1. The van der Waals surface area contributed by atoms with E-state index in [9.17, 15) is 13.6 Å². The fourth-order valence-electron chi connectivity index (χ4n) is 1.31. The Hall–Kier alpha value is -1.29. The lowest BCUT2D eigenvalue weighted by Crippen LogP contribution is -2.24. The highest BCUT2D eigenvalue weighted by Crippen LogP contribution is 2.18. The predicted molar refractivity (Wildman–Crippen MR) is 48.8 cm³/mol. The van der Waals surface area contributed by atoms with E-state index in [0.29, 0.717) is 0 Å². The van der Waals surface area contributed by atoms with Crippen LogP contribution in [0.25, 0.3) is 0 Å². The van der Waals surface area contributed by atoms with Gasteiger partial charge in [0.15, 0.2) is 5.78 Å². The summed E-state index contributed by atoms with van der Waals surface area (Å²) >= 11 is 0. The van der Waals surface area contributed by atoms with E-state index < -0.39 is 17.7 Å². The number of carbonyl (C=O) groups is 1. The van der Waals surface area contributed by atoms with Gasteiger partial charge in [0, 0.05) is 5.56 Å². The summed E-state index contributed by atoms with van der Waals surface area (Å²) < 4.78 is 26.0. The lowest BCUT2D eigenvalue weighted by Gasteiger charge is -2.13. The highest BCUT2D eigenvalue weighted by molar-refractivity contribution is 5.82. The molecule has 0 fully saturated rings. The molecule has 1 atom stereocenters. The molecule has 0 saturated heterocycles. The molecule has 0 aliphatic rings. The molecule has 1 rings (SSSR count). The molecule has 0 heterocycles. The normalized spacial score (nSPS) is 12.6. The van der Waals surface area contributed by atoms with Gasteiger partial charge in [-0.25, -0.2) is 8.78 Å². The topological polar surface area (TPSA) is 29.1 Å². The number of halogens is 2. The molecular weight excluding hydrogens is 188 g/mol. The zero-order valence-electron chi connectivity index (χ0n) is 7.97. The van der Waals surface area contributed by atoms with Crippen molar-refractivity contribution in [1.82, 2.24) is 5.32 Å². The van der Waals surface area contributed by atoms with E-state index in [1.807, 2.05) is 0 Å². The molecule has 0 spiro atoms. The summed E-state index contributed by atoms with van der Waals surface area (Å²) in [7, 11) is 1.52. The van der Waals surface area contributed by atoms with Gasteiger partial charge in [-0.15, -0.1) is 0 Å². The monoisotopic (exact) mass is 199 g/mol. The molecule has 0 aliphatic heterocycles. The molecule has 0 aliphatic carbocycles. The summed E-state index contributed by atoms with van der Waals surface area (Å²) in [6.45, 7) is 1.32. The zero-order chi connectivity index (χ0) is 10.7.